The lowest BCUT2D eigenvalue weighted by Gasteiger charge is -2.05. The third kappa shape index (κ3) is 14.9. The minimum absolute atomic E-state index is 0.592. The van der Waals surface area contributed by atoms with Crippen molar-refractivity contribution >= 4 is 11.7 Å². The molecule has 0 aliphatic carbocycles. The molecule has 0 atom stereocenters. The molecule has 0 spiro atoms. The van der Waals surface area contributed by atoms with Crippen molar-refractivity contribution in [3.05, 3.63) is 0 Å². The SMILES string of the molecule is C/C(=N\O)NCCCCCCCCCCCCN/C(C)=N/O. The lowest BCUT2D eigenvalue weighted by molar-refractivity contribution is 0.316. The van der Waals surface area contributed by atoms with Gasteiger partial charge in [-0.3, -0.25) is 0 Å². The number of oxime groups is 2. The van der Waals surface area contributed by atoms with Crippen molar-refractivity contribution < 1.29 is 10.4 Å². The molecule has 6 nitrogen and oxygen atoms in total. The highest BCUT2D eigenvalue weighted by molar-refractivity contribution is 5.78. The number of hydrogen-bond acceptors (Lipinski definition) is 4. The Morgan fingerprint density at radius 3 is 1.14 bits per heavy atom. The molecule has 0 amide bonds. The standard InChI is InChI=1S/C16H34N4O2/c1-15(19-21)17-13-11-9-7-5-3-4-6-8-10-12-14-18-16(2)20-22/h21-22H,3-14H2,1-2H3,(H,17,19)(H,18,20). The van der Waals surface area contributed by atoms with Gasteiger partial charge in [0.05, 0.1) is 0 Å². The molecule has 0 heterocycles. The molecule has 0 saturated carbocycles. The summed E-state index contributed by atoms with van der Waals surface area (Å²) < 4.78 is 0. The molecule has 130 valence electrons. The molecule has 0 rings (SSSR count). The van der Waals surface area contributed by atoms with Crippen LogP contribution < -0.4 is 10.6 Å². The van der Waals surface area contributed by atoms with E-state index in [-0.39, 0.29) is 0 Å². The zero-order valence-electron chi connectivity index (χ0n) is 14.3. The normalized spacial score (nSPS) is 12.5. The summed E-state index contributed by atoms with van der Waals surface area (Å²) in [6.07, 6.45) is 12.6. The topological polar surface area (TPSA) is 89.2 Å². The molecule has 22 heavy (non-hydrogen) atoms. The maximum atomic E-state index is 8.47. The number of hydrogen-bond donors (Lipinski definition) is 4. The molecule has 0 bridgehead atoms. The van der Waals surface area contributed by atoms with Crippen molar-refractivity contribution in [3.63, 3.8) is 0 Å². The Kier molecular flexibility index (Phi) is 14.9. The fraction of sp³-hybridized carbons (Fsp3) is 0.875. The van der Waals surface area contributed by atoms with Crippen molar-refractivity contribution in [1.82, 2.24) is 10.6 Å². The van der Waals surface area contributed by atoms with E-state index < -0.39 is 0 Å². The Labute approximate surface area is 135 Å². The van der Waals surface area contributed by atoms with Gasteiger partial charge in [0.1, 0.15) is 11.7 Å². The average Bonchev–Trinajstić information content (AvgIpc) is 2.54. The fourth-order valence-electron chi connectivity index (χ4n) is 2.27. The number of unbranched alkanes of at least 4 members (excludes halogenated alkanes) is 9. The van der Waals surface area contributed by atoms with Gasteiger partial charge in [0.2, 0.25) is 0 Å². The van der Waals surface area contributed by atoms with Crippen LogP contribution >= 0.6 is 0 Å². The molecule has 0 aromatic heterocycles. The first-order valence-electron chi connectivity index (χ1n) is 8.55. The largest absolute Gasteiger partial charge is 0.409 e. The van der Waals surface area contributed by atoms with Crippen LogP contribution in [0, 0.1) is 0 Å². The Morgan fingerprint density at radius 2 is 0.864 bits per heavy atom. The Balaban J connectivity index is 3.09. The third-order valence-electron chi connectivity index (χ3n) is 3.67. The summed E-state index contributed by atoms with van der Waals surface area (Å²) in [6.45, 7) is 5.31. The van der Waals surface area contributed by atoms with E-state index >= 15 is 0 Å². The van der Waals surface area contributed by atoms with Crippen LogP contribution in [0.2, 0.25) is 0 Å². The summed E-state index contributed by atoms with van der Waals surface area (Å²) in [4.78, 5) is 0. The van der Waals surface area contributed by atoms with Crippen LogP contribution in [-0.2, 0) is 0 Å². The second-order valence-corrected chi connectivity index (χ2v) is 5.76. The summed E-state index contributed by atoms with van der Waals surface area (Å²) in [5.74, 6) is 1.18. The van der Waals surface area contributed by atoms with Gasteiger partial charge >= 0.3 is 0 Å². The van der Waals surface area contributed by atoms with Gasteiger partial charge in [-0.2, -0.15) is 0 Å². The first kappa shape index (κ1) is 20.5. The maximum absolute atomic E-state index is 8.47. The van der Waals surface area contributed by atoms with E-state index in [0.717, 1.165) is 25.9 Å². The second kappa shape index (κ2) is 15.9. The first-order valence-corrected chi connectivity index (χ1v) is 8.55. The van der Waals surface area contributed by atoms with Crippen molar-refractivity contribution in [1.29, 1.82) is 0 Å². The van der Waals surface area contributed by atoms with E-state index in [2.05, 4.69) is 20.9 Å². The lowest BCUT2D eigenvalue weighted by atomic mass is 10.1. The van der Waals surface area contributed by atoms with Crippen molar-refractivity contribution in [2.75, 3.05) is 13.1 Å². The summed E-state index contributed by atoms with van der Waals surface area (Å²) in [6, 6.07) is 0. The van der Waals surface area contributed by atoms with Crippen molar-refractivity contribution in [2.24, 2.45) is 10.3 Å². The van der Waals surface area contributed by atoms with Gasteiger partial charge in [-0.25, -0.2) is 0 Å². The summed E-state index contributed by atoms with van der Waals surface area (Å²) >= 11 is 0. The van der Waals surface area contributed by atoms with Gasteiger partial charge in [-0.05, 0) is 26.7 Å². The van der Waals surface area contributed by atoms with Gasteiger partial charge < -0.3 is 21.0 Å². The second-order valence-electron chi connectivity index (χ2n) is 5.76. The molecule has 0 saturated heterocycles. The van der Waals surface area contributed by atoms with E-state index in [1.165, 1.54) is 51.4 Å². The average molecular weight is 314 g/mol. The smallest absolute Gasteiger partial charge is 0.138 e. The van der Waals surface area contributed by atoms with Gasteiger partial charge in [0, 0.05) is 13.1 Å². The van der Waals surface area contributed by atoms with Crippen LogP contribution in [0.25, 0.3) is 0 Å². The Hall–Kier alpha value is -1.46. The zero-order valence-corrected chi connectivity index (χ0v) is 14.3. The van der Waals surface area contributed by atoms with Crippen molar-refractivity contribution in [2.45, 2.75) is 78.1 Å². The number of nitrogens with one attached hydrogen (secondary N) is 2. The molecular formula is C16H34N4O2. The molecule has 0 aliphatic heterocycles. The molecule has 0 radical (unpaired) electrons. The molecule has 0 unspecified atom stereocenters. The minimum atomic E-state index is 0.592. The van der Waals surface area contributed by atoms with Gasteiger partial charge in [-0.1, -0.05) is 61.7 Å². The van der Waals surface area contributed by atoms with E-state index in [9.17, 15) is 0 Å². The molecule has 0 aromatic rings. The lowest BCUT2D eigenvalue weighted by Crippen LogP contribution is -2.21. The quantitative estimate of drug-likeness (QED) is 0.137. The first-order chi connectivity index (χ1) is 10.7. The molecule has 6 heteroatoms. The summed E-state index contributed by atoms with van der Waals surface area (Å²) in [7, 11) is 0. The predicted octanol–water partition coefficient (Wildman–Crippen LogP) is 3.68. The van der Waals surface area contributed by atoms with Crippen LogP contribution in [-0.4, -0.2) is 35.2 Å². The molecule has 0 aliphatic rings. The van der Waals surface area contributed by atoms with E-state index in [4.69, 9.17) is 10.4 Å². The van der Waals surface area contributed by atoms with Gasteiger partial charge in [0.25, 0.3) is 0 Å². The van der Waals surface area contributed by atoms with Gasteiger partial charge in [-0.15, -0.1) is 0 Å². The predicted molar refractivity (Wildman–Crippen MR) is 92.0 cm³/mol. The molecule has 0 fully saturated rings. The van der Waals surface area contributed by atoms with Gasteiger partial charge in [0.15, 0.2) is 0 Å². The maximum Gasteiger partial charge on any atom is 0.138 e. The number of rotatable bonds is 13. The third-order valence-corrected chi connectivity index (χ3v) is 3.67. The van der Waals surface area contributed by atoms with E-state index in [1.807, 2.05) is 0 Å². The van der Waals surface area contributed by atoms with Crippen LogP contribution in [0.5, 0.6) is 0 Å². The minimum Gasteiger partial charge on any atom is -0.409 e. The highest BCUT2D eigenvalue weighted by Gasteiger charge is 1.95. The summed E-state index contributed by atoms with van der Waals surface area (Å²) in [5.41, 5.74) is 0. The Morgan fingerprint density at radius 1 is 0.591 bits per heavy atom. The van der Waals surface area contributed by atoms with Crippen LogP contribution in [0.15, 0.2) is 10.3 Å². The highest BCUT2D eigenvalue weighted by atomic mass is 16.4. The highest BCUT2D eigenvalue weighted by Crippen LogP contribution is 2.10. The Bertz CT molecular complexity index is 277. The van der Waals surface area contributed by atoms with Crippen LogP contribution in [0.3, 0.4) is 0 Å². The summed E-state index contributed by atoms with van der Waals surface area (Å²) in [5, 5.41) is 29.2. The monoisotopic (exact) mass is 314 g/mol. The molecule has 4 N–H and O–H groups in total. The number of nitrogens with zero attached hydrogens (tertiary/aromatic N) is 2. The van der Waals surface area contributed by atoms with Crippen LogP contribution in [0.1, 0.15) is 78.1 Å². The fourth-order valence-corrected chi connectivity index (χ4v) is 2.27. The van der Waals surface area contributed by atoms with Crippen LogP contribution in [0.4, 0.5) is 0 Å². The zero-order chi connectivity index (χ0) is 16.5. The molecular weight excluding hydrogens is 280 g/mol. The molecule has 0 aromatic carbocycles. The number of amidine groups is 2. The van der Waals surface area contributed by atoms with E-state index in [1.54, 1.807) is 13.8 Å². The van der Waals surface area contributed by atoms with E-state index in [0.29, 0.717) is 11.7 Å². The van der Waals surface area contributed by atoms with Crippen molar-refractivity contribution in [3.8, 4) is 0 Å².